The molecule has 0 unspecified atom stereocenters. The van der Waals surface area contributed by atoms with Gasteiger partial charge in [0, 0.05) is 0 Å². The summed E-state index contributed by atoms with van der Waals surface area (Å²) >= 11 is 0. The predicted octanol–water partition coefficient (Wildman–Crippen LogP) is 7.37. The van der Waals surface area contributed by atoms with E-state index in [9.17, 15) is 14.2 Å². The number of carbonyl (C=O) groups excluding carboxylic acids is 2. The van der Waals surface area contributed by atoms with Crippen molar-refractivity contribution < 1.29 is 37.2 Å². The minimum Gasteiger partial charge on any atom is -0.462 e. The topological polar surface area (TPSA) is 97.4 Å². The molecule has 0 N–H and O–H groups in total. The van der Waals surface area contributed by atoms with Crippen molar-refractivity contribution in [2.24, 2.45) is 0 Å². The van der Waals surface area contributed by atoms with Gasteiger partial charge in [-0.05, 0) is 62.4 Å². The predicted molar refractivity (Wildman–Crippen MR) is 147 cm³/mol. The van der Waals surface area contributed by atoms with Gasteiger partial charge >= 0.3 is 19.8 Å². The van der Waals surface area contributed by atoms with Crippen LogP contribution in [0.1, 0.15) is 34.6 Å². The molecule has 4 aromatic carbocycles. The van der Waals surface area contributed by atoms with Crippen LogP contribution < -0.4 is 13.6 Å². The molecule has 0 aliphatic carbocycles. The van der Waals surface area contributed by atoms with Crippen molar-refractivity contribution in [1.29, 1.82) is 0 Å². The fourth-order valence-corrected chi connectivity index (χ4v) is 4.40. The molecular formula is C30H29O8P. The van der Waals surface area contributed by atoms with Crippen LogP contribution in [0.15, 0.2) is 115 Å². The summed E-state index contributed by atoms with van der Waals surface area (Å²) in [5.41, 5.74) is 0.477. The molecule has 202 valence electrons. The molecule has 0 bridgehead atoms. The van der Waals surface area contributed by atoms with Gasteiger partial charge in [0.2, 0.25) is 0 Å². The summed E-state index contributed by atoms with van der Waals surface area (Å²) in [6.07, 6.45) is 0. The standard InChI is InChI=1S/C18H15O4P.C12H14O4/c19-23(20-16-10-4-1-5-11-16,21-17-12-6-2-7-13-17)22-18-14-8-3-9-15-18;1-3-15-11(13)9-7-5-6-8-10(9)12(14)16-4-2/h1-15H;5-8H,3-4H2,1-2H3. The van der Waals surface area contributed by atoms with Crippen molar-refractivity contribution in [3.8, 4) is 17.2 Å². The van der Waals surface area contributed by atoms with E-state index in [2.05, 4.69) is 0 Å². The summed E-state index contributed by atoms with van der Waals surface area (Å²) in [5.74, 6) is 0.199. The van der Waals surface area contributed by atoms with Crippen molar-refractivity contribution in [2.75, 3.05) is 13.2 Å². The molecule has 0 heterocycles. The van der Waals surface area contributed by atoms with Crippen LogP contribution in [0.3, 0.4) is 0 Å². The number of phosphoric ester groups is 1. The maximum Gasteiger partial charge on any atom is 0.647 e. The Kier molecular flexibility index (Phi) is 11.2. The normalized spacial score (nSPS) is 10.3. The lowest BCUT2D eigenvalue weighted by molar-refractivity contribution is 0.0479. The molecule has 4 rings (SSSR count). The van der Waals surface area contributed by atoms with E-state index in [4.69, 9.17) is 23.0 Å². The zero-order chi connectivity index (χ0) is 27.9. The molecule has 0 aliphatic heterocycles. The van der Waals surface area contributed by atoms with E-state index < -0.39 is 19.8 Å². The molecule has 0 saturated heterocycles. The molecule has 0 atom stereocenters. The van der Waals surface area contributed by atoms with E-state index in [1.807, 2.05) is 18.2 Å². The molecule has 0 aromatic heterocycles. The SMILES string of the molecule is CCOC(=O)c1ccccc1C(=O)OCC.O=P(Oc1ccccc1)(Oc1ccccc1)Oc1ccccc1. The van der Waals surface area contributed by atoms with Crippen LogP contribution in [-0.4, -0.2) is 25.2 Å². The lowest BCUT2D eigenvalue weighted by Gasteiger charge is -2.19. The first kappa shape index (κ1) is 29.0. The van der Waals surface area contributed by atoms with Gasteiger partial charge in [0.05, 0.1) is 24.3 Å². The summed E-state index contributed by atoms with van der Waals surface area (Å²) in [7, 11) is -3.89. The Morgan fingerprint density at radius 1 is 0.513 bits per heavy atom. The van der Waals surface area contributed by atoms with Crippen molar-refractivity contribution >= 4 is 19.8 Å². The lowest BCUT2D eigenvalue weighted by atomic mass is 10.1. The second kappa shape index (κ2) is 15.0. The average molecular weight is 549 g/mol. The van der Waals surface area contributed by atoms with Gasteiger partial charge in [-0.1, -0.05) is 66.7 Å². The third-order valence-corrected chi connectivity index (χ3v) is 6.10. The zero-order valence-corrected chi connectivity index (χ0v) is 22.5. The molecule has 0 fully saturated rings. The van der Waals surface area contributed by atoms with Crippen LogP contribution in [0.5, 0.6) is 17.2 Å². The highest BCUT2D eigenvalue weighted by Gasteiger charge is 2.33. The van der Waals surface area contributed by atoms with Crippen molar-refractivity contribution in [3.05, 3.63) is 126 Å². The van der Waals surface area contributed by atoms with Gasteiger partial charge < -0.3 is 23.0 Å². The van der Waals surface area contributed by atoms with E-state index in [1.165, 1.54) is 0 Å². The number of benzene rings is 4. The number of carbonyl (C=O) groups is 2. The van der Waals surface area contributed by atoms with Gasteiger partial charge in [0.15, 0.2) is 0 Å². The van der Waals surface area contributed by atoms with E-state index in [0.29, 0.717) is 17.2 Å². The van der Waals surface area contributed by atoms with Crippen molar-refractivity contribution in [3.63, 3.8) is 0 Å². The molecule has 4 aromatic rings. The van der Waals surface area contributed by atoms with E-state index >= 15 is 0 Å². The Morgan fingerprint density at radius 2 is 0.795 bits per heavy atom. The largest absolute Gasteiger partial charge is 0.647 e. The van der Waals surface area contributed by atoms with Gasteiger partial charge in [0.1, 0.15) is 17.2 Å². The fraction of sp³-hybridized carbons (Fsp3) is 0.133. The van der Waals surface area contributed by atoms with Crippen LogP contribution in [0.25, 0.3) is 0 Å². The van der Waals surface area contributed by atoms with Gasteiger partial charge in [-0.2, -0.15) is 4.57 Å². The molecule has 0 amide bonds. The summed E-state index contributed by atoms with van der Waals surface area (Å²) in [5, 5.41) is 0. The third-order valence-electron chi connectivity index (χ3n) is 4.80. The number of hydrogen-bond donors (Lipinski definition) is 0. The number of para-hydroxylation sites is 3. The zero-order valence-electron chi connectivity index (χ0n) is 21.6. The number of hydrogen-bond acceptors (Lipinski definition) is 8. The molecule has 9 heteroatoms. The maximum atomic E-state index is 13.1. The second-order valence-corrected chi connectivity index (χ2v) is 9.09. The third kappa shape index (κ3) is 9.36. The summed E-state index contributed by atoms with van der Waals surface area (Å²) in [6.45, 7) is 3.97. The van der Waals surface area contributed by atoms with Crippen LogP contribution in [0.2, 0.25) is 0 Å². The van der Waals surface area contributed by atoms with Gasteiger partial charge in [-0.25, -0.2) is 9.59 Å². The maximum absolute atomic E-state index is 13.1. The second-order valence-electron chi connectivity index (χ2n) is 7.65. The van der Waals surface area contributed by atoms with Crippen LogP contribution in [-0.2, 0) is 14.0 Å². The minimum atomic E-state index is -3.89. The van der Waals surface area contributed by atoms with Crippen LogP contribution in [0, 0.1) is 0 Å². The Bertz CT molecular complexity index is 1220. The molecule has 0 aliphatic rings. The molecule has 8 nitrogen and oxygen atoms in total. The fourth-order valence-electron chi connectivity index (χ4n) is 3.14. The number of esters is 2. The summed E-state index contributed by atoms with van der Waals surface area (Å²) in [4.78, 5) is 23.1. The first-order valence-electron chi connectivity index (χ1n) is 12.2. The summed E-state index contributed by atoms with van der Waals surface area (Å²) in [6, 6.07) is 32.8. The Balaban J connectivity index is 0.000000231. The van der Waals surface area contributed by atoms with Crippen molar-refractivity contribution in [1.82, 2.24) is 0 Å². The molecule has 0 spiro atoms. The Labute approximate surface area is 227 Å². The highest BCUT2D eigenvalue weighted by Crippen LogP contribution is 2.49. The van der Waals surface area contributed by atoms with Gasteiger partial charge in [-0.3, -0.25) is 0 Å². The lowest BCUT2D eigenvalue weighted by Crippen LogP contribution is -2.13. The quantitative estimate of drug-likeness (QED) is 0.150. The average Bonchev–Trinajstić information content (AvgIpc) is 2.95. The molecule has 0 saturated carbocycles. The van der Waals surface area contributed by atoms with E-state index in [-0.39, 0.29) is 24.3 Å². The monoisotopic (exact) mass is 548 g/mol. The Hall–Kier alpha value is -4.55. The van der Waals surface area contributed by atoms with E-state index in [1.54, 1.807) is 111 Å². The highest BCUT2D eigenvalue weighted by atomic mass is 31.2. The molecule has 0 radical (unpaired) electrons. The number of phosphoric acid groups is 1. The molecule has 39 heavy (non-hydrogen) atoms. The number of ether oxygens (including phenoxy) is 2. The smallest absolute Gasteiger partial charge is 0.462 e. The van der Waals surface area contributed by atoms with Crippen LogP contribution in [0.4, 0.5) is 0 Å². The number of rotatable bonds is 10. The van der Waals surface area contributed by atoms with Gasteiger partial charge in [-0.15, -0.1) is 0 Å². The highest BCUT2D eigenvalue weighted by molar-refractivity contribution is 7.49. The van der Waals surface area contributed by atoms with E-state index in [0.717, 1.165) is 0 Å². The molecular weight excluding hydrogens is 519 g/mol. The van der Waals surface area contributed by atoms with Crippen LogP contribution >= 0.6 is 7.82 Å². The summed E-state index contributed by atoms with van der Waals surface area (Å²) < 4.78 is 39.3. The van der Waals surface area contributed by atoms with Crippen molar-refractivity contribution in [2.45, 2.75) is 13.8 Å². The first-order valence-corrected chi connectivity index (χ1v) is 13.7. The first-order chi connectivity index (χ1) is 18.9. The van der Waals surface area contributed by atoms with Gasteiger partial charge in [0.25, 0.3) is 0 Å². The minimum absolute atomic E-state index is 0.239. The Morgan fingerprint density at radius 3 is 1.08 bits per heavy atom.